The van der Waals surface area contributed by atoms with Gasteiger partial charge in [0, 0.05) is 17.0 Å². The minimum Gasteiger partial charge on any atom is -0.612 e. The molecule has 0 saturated heterocycles. The summed E-state index contributed by atoms with van der Waals surface area (Å²) in [7, 11) is 0. The van der Waals surface area contributed by atoms with E-state index in [9.17, 15) is 9.35 Å². The highest BCUT2D eigenvalue weighted by Crippen LogP contribution is 2.42. The van der Waals surface area contributed by atoms with Gasteiger partial charge >= 0.3 is 0 Å². The molecule has 1 saturated carbocycles. The van der Waals surface area contributed by atoms with Crippen molar-refractivity contribution in [2.75, 3.05) is 6.26 Å². The molecule has 0 radical (unpaired) electrons. The Balaban J connectivity index is 1.80. The van der Waals surface area contributed by atoms with Gasteiger partial charge < -0.3 is 9.08 Å². The van der Waals surface area contributed by atoms with Crippen LogP contribution in [0.15, 0.2) is 58.1 Å². The second kappa shape index (κ2) is 7.33. The molecular weight excluding hydrogens is 358 g/mol. The van der Waals surface area contributed by atoms with E-state index >= 15 is 0 Å². The zero-order valence-electron chi connectivity index (χ0n) is 15.4. The number of hydrogen-bond donors (Lipinski definition) is 0. The third-order valence-electron chi connectivity index (χ3n) is 5.12. The molecule has 4 rings (SSSR count). The van der Waals surface area contributed by atoms with Crippen LogP contribution in [-0.4, -0.2) is 21.7 Å². The number of rotatable bonds is 6. The van der Waals surface area contributed by atoms with Gasteiger partial charge in [0.2, 0.25) is 0 Å². The molecule has 1 aliphatic rings. The van der Waals surface area contributed by atoms with Gasteiger partial charge in [-0.25, -0.2) is 0 Å². The fourth-order valence-electron chi connectivity index (χ4n) is 3.49. The Kier molecular flexibility index (Phi) is 4.89. The second-order valence-electron chi connectivity index (χ2n) is 7.04. The predicted molar refractivity (Wildman–Crippen MR) is 105 cm³/mol. The lowest BCUT2D eigenvalue weighted by atomic mass is 9.91. The van der Waals surface area contributed by atoms with E-state index in [0.29, 0.717) is 29.2 Å². The lowest BCUT2D eigenvalue weighted by Gasteiger charge is -2.16. The van der Waals surface area contributed by atoms with Gasteiger partial charge in [0.15, 0.2) is 16.4 Å². The molecule has 1 fully saturated rings. The van der Waals surface area contributed by atoms with Crippen molar-refractivity contribution in [3.63, 3.8) is 0 Å². The average molecular weight is 379 g/mol. The molecule has 0 spiro atoms. The first-order valence-corrected chi connectivity index (χ1v) is 10.6. The van der Waals surface area contributed by atoms with Gasteiger partial charge in [-0.15, -0.1) is 0 Å². The van der Waals surface area contributed by atoms with Crippen LogP contribution in [-0.2, 0) is 17.6 Å². The molecule has 2 aromatic carbocycles. The smallest absolute Gasteiger partial charge is 0.198 e. The van der Waals surface area contributed by atoms with E-state index in [1.165, 1.54) is 6.20 Å². The lowest BCUT2D eigenvalue weighted by molar-refractivity contribution is 0.103. The first kappa shape index (κ1) is 18.0. The highest BCUT2D eigenvalue weighted by molar-refractivity contribution is 7.90. The normalized spacial score (nSPS) is 14.9. The van der Waals surface area contributed by atoms with Crippen LogP contribution in [0.1, 0.15) is 57.1 Å². The van der Waals surface area contributed by atoms with Crippen LogP contribution < -0.4 is 0 Å². The number of carbonyl (C=O) groups excluding carboxylic acids is 1. The van der Waals surface area contributed by atoms with Gasteiger partial charge in [0.1, 0.15) is 6.26 Å². The summed E-state index contributed by atoms with van der Waals surface area (Å²) in [6.45, 7) is 1.95. The van der Waals surface area contributed by atoms with E-state index in [1.54, 1.807) is 18.4 Å². The summed E-state index contributed by atoms with van der Waals surface area (Å²) in [4.78, 5) is 14.1. The highest BCUT2D eigenvalue weighted by atomic mass is 32.2. The molecule has 27 heavy (non-hydrogen) atoms. The summed E-state index contributed by atoms with van der Waals surface area (Å²) in [6, 6.07) is 13.6. The highest BCUT2D eigenvalue weighted by Gasteiger charge is 2.33. The van der Waals surface area contributed by atoms with Crippen LogP contribution in [0.3, 0.4) is 0 Å². The van der Waals surface area contributed by atoms with E-state index in [1.807, 2.05) is 37.3 Å². The molecule has 0 bridgehead atoms. The molecule has 0 amide bonds. The maximum atomic E-state index is 13.3. The monoisotopic (exact) mass is 379 g/mol. The SMILES string of the molecule is Cc1c([S+](C)[O-])ccc(C(=O)c2cnoc2C2CC2)c1Cc1ccccc1. The van der Waals surface area contributed by atoms with Crippen molar-refractivity contribution in [2.45, 2.75) is 37.0 Å². The van der Waals surface area contributed by atoms with E-state index in [0.717, 1.165) is 34.4 Å². The molecule has 0 N–H and O–H groups in total. The van der Waals surface area contributed by atoms with E-state index in [-0.39, 0.29) is 5.78 Å². The number of aromatic nitrogens is 1. The van der Waals surface area contributed by atoms with Gasteiger partial charge in [-0.3, -0.25) is 4.79 Å². The molecule has 3 aromatic rings. The molecule has 1 atom stereocenters. The van der Waals surface area contributed by atoms with Crippen molar-refractivity contribution in [1.82, 2.24) is 5.16 Å². The lowest BCUT2D eigenvalue weighted by Crippen LogP contribution is -2.12. The molecule has 1 heterocycles. The third kappa shape index (κ3) is 3.57. The third-order valence-corrected chi connectivity index (χ3v) is 6.18. The largest absolute Gasteiger partial charge is 0.612 e. The molecule has 1 aliphatic carbocycles. The maximum absolute atomic E-state index is 13.3. The van der Waals surface area contributed by atoms with E-state index in [4.69, 9.17) is 4.52 Å². The van der Waals surface area contributed by atoms with Gasteiger partial charge in [-0.05, 0) is 60.6 Å². The van der Waals surface area contributed by atoms with Crippen LogP contribution in [0, 0.1) is 6.92 Å². The topological polar surface area (TPSA) is 66.2 Å². The van der Waals surface area contributed by atoms with Crippen molar-refractivity contribution in [3.05, 3.63) is 82.2 Å². The zero-order chi connectivity index (χ0) is 19.0. The van der Waals surface area contributed by atoms with Gasteiger partial charge in [-0.2, -0.15) is 0 Å². The molecule has 4 nitrogen and oxygen atoms in total. The van der Waals surface area contributed by atoms with Crippen molar-refractivity contribution < 1.29 is 13.9 Å². The Labute approximate surface area is 161 Å². The Morgan fingerprint density at radius 2 is 1.93 bits per heavy atom. The summed E-state index contributed by atoms with van der Waals surface area (Å²) >= 11 is -1.11. The Hall–Kier alpha value is -2.37. The Morgan fingerprint density at radius 1 is 1.19 bits per heavy atom. The summed E-state index contributed by atoms with van der Waals surface area (Å²) in [5.74, 6) is 0.944. The first-order valence-electron chi connectivity index (χ1n) is 9.05. The van der Waals surface area contributed by atoms with Crippen LogP contribution in [0.5, 0.6) is 0 Å². The van der Waals surface area contributed by atoms with Crippen molar-refractivity contribution in [1.29, 1.82) is 0 Å². The van der Waals surface area contributed by atoms with Gasteiger partial charge in [-0.1, -0.05) is 35.5 Å². The minimum absolute atomic E-state index is 0.0689. The predicted octanol–water partition coefficient (Wildman–Crippen LogP) is 4.42. The van der Waals surface area contributed by atoms with Crippen molar-refractivity contribution in [3.8, 4) is 0 Å². The summed E-state index contributed by atoms with van der Waals surface area (Å²) < 4.78 is 17.5. The van der Waals surface area contributed by atoms with Gasteiger partial charge in [0.05, 0.1) is 11.8 Å². The molecule has 1 aromatic heterocycles. The van der Waals surface area contributed by atoms with Crippen LogP contribution in [0.2, 0.25) is 0 Å². The Bertz CT molecular complexity index is 974. The van der Waals surface area contributed by atoms with Crippen LogP contribution in [0.4, 0.5) is 0 Å². The number of nitrogens with zero attached hydrogens (tertiary/aromatic N) is 1. The number of carbonyl (C=O) groups is 1. The van der Waals surface area contributed by atoms with Crippen molar-refractivity contribution >= 4 is 17.0 Å². The molecule has 138 valence electrons. The molecule has 5 heteroatoms. The van der Waals surface area contributed by atoms with E-state index < -0.39 is 11.2 Å². The fraction of sp³-hybridized carbons (Fsp3) is 0.273. The molecule has 0 aliphatic heterocycles. The maximum Gasteiger partial charge on any atom is 0.198 e. The molecular formula is C22H21NO3S. The van der Waals surface area contributed by atoms with E-state index in [2.05, 4.69) is 5.16 Å². The quantitative estimate of drug-likeness (QED) is 0.470. The average Bonchev–Trinajstić information content (AvgIpc) is 3.40. The second-order valence-corrected chi connectivity index (χ2v) is 8.39. The zero-order valence-corrected chi connectivity index (χ0v) is 16.2. The molecule has 1 unspecified atom stereocenters. The summed E-state index contributed by atoms with van der Waals surface area (Å²) in [6.07, 6.45) is 5.89. The number of hydrogen-bond acceptors (Lipinski definition) is 4. The van der Waals surface area contributed by atoms with Crippen LogP contribution >= 0.6 is 0 Å². The number of ketones is 1. The van der Waals surface area contributed by atoms with Crippen LogP contribution in [0.25, 0.3) is 0 Å². The number of benzene rings is 2. The van der Waals surface area contributed by atoms with Crippen molar-refractivity contribution in [2.24, 2.45) is 0 Å². The minimum atomic E-state index is -1.11. The van der Waals surface area contributed by atoms with Gasteiger partial charge in [0.25, 0.3) is 0 Å². The summed E-state index contributed by atoms with van der Waals surface area (Å²) in [5.41, 5.74) is 4.13. The summed E-state index contributed by atoms with van der Waals surface area (Å²) in [5, 5.41) is 3.87. The standard InChI is InChI=1S/C22H21NO3S/c1-14-18(12-15-6-4-3-5-7-15)17(10-11-20(14)27(2)25)21(24)19-13-23-26-22(19)16-8-9-16/h3-7,10-11,13,16H,8-9,12H2,1-2H3. The first-order chi connectivity index (χ1) is 13.1. The Morgan fingerprint density at radius 3 is 2.59 bits per heavy atom. The fourth-order valence-corrected chi connectivity index (χ4v) is 4.31.